The molecule has 14 heavy (non-hydrogen) atoms. The van der Waals surface area contributed by atoms with Gasteiger partial charge in [0.1, 0.15) is 10.7 Å². The summed E-state index contributed by atoms with van der Waals surface area (Å²) in [7, 11) is -1.49. The molecule has 78 valence electrons. The molecule has 1 rings (SSSR count). The molecule has 0 atom stereocenters. The van der Waals surface area contributed by atoms with Crippen molar-refractivity contribution in [1.29, 1.82) is 0 Å². The normalized spacial score (nSPS) is 12.0. The van der Waals surface area contributed by atoms with Crippen LogP contribution in [0.5, 0.6) is 0 Å². The van der Waals surface area contributed by atoms with Crippen molar-refractivity contribution in [2.45, 2.75) is 4.90 Å². The largest absolute Gasteiger partial charge is 0.288 e. The molecular weight excluding hydrogens is 209 g/mol. The second-order valence-electron chi connectivity index (χ2n) is 2.53. The first-order valence-corrected chi connectivity index (χ1v) is 5.21. The van der Waals surface area contributed by atoms with Gasteiger partial charge in [0.15, 0.2) is 0 Å². The van der Waals surface area contributed by atoms with Crippen LogP contribution in [0.15, 0.2) is 29.2 Å². The van der Waals surface area contributed by atoms with Gasteiger partial charge in [0, 0.05) is 7.05 Å². The molecule has 0 spiro atoms. The topological polar surface area (TPSA) is 46.6 Å². The number of nitrogens with zero attached hydrogens (tertiary/aromatic N) is 1. The van der Waals surface area contributed by atoms with E-state index < -0.39 is 20.7 Å². The Balaban J connectivity index is 3.24. The Morgan fingerprint density at radius 2 is 1.93 bits per heavy atom. The number of hydrogen-bond donors (Lipinski definition) is 0. The Kier molecular flexibility index (Phi) is 3.20. The van der Waals surface area contributed by atoms with Crippen LogP contribution in [-0.4, -0.2) is 27.0 Å². The van der Waals surface area contributed by atoms with Gasteiger partial charge >= 0.3 is 0 Å². The van der Waals surface area contributed by atoms with Gasteiger partial charge in [0.2, 0.25) is 0 Å². The van der Waals surface area contributed by atoms with Crippen LogP contribution >= 0.6 is 0 Å². The van der Waals surface area contributed by atoms with E-state index in [0.29, 0.717) is 4.47 Å². The molecule has 0 fully saturated rings. The summed E-state index contributed by atoms with van der Waals surface area (Å²) in [5, 5.41) is 0. The second-order valence-corrected chi connectivity index (χ2v) is 4.43. The zero-order valence-corrected chi connectivity index (χ0v) is 8.58. The lowest BCUT2D eigenvalue weighted by atomic mass is 10.4. The van der Waals surface area contributed by atoms with Gasteiger partial charge < -0.3 is 0 Å². The van der Waals surface area contributed by atoms with Gasteiger partial charge in [-0.2, -0.15) is 0 Å². The monoisotopic (exact) mass is 219 g/mol. The lowest BCUT2D eigenvalue weighted by Crippen LogP contribution is -2.26. The summed E-state index contributed by atoms with van der Waals surface area (Å²) in [6.07, 6.45) is 0. The average molecular weight is 219 g/mol. The van der Waals surface area contributed by atoms with Gasteiger partial charge in [0.25, 0.3) is 10.0 Å². The van der Waals surface area contributed by atoms with E-state index in [2.05, 4.69) is 4.84 Å². The molecule has 0 radical (unpaired) electrons. The summed E-state index contributed by atoms with van der Waals surface area (Å²) in [4.78, 5) is 4.10. The molecule has 0 heterocycles. The lowest BCUT2D eigenvalue weighted by molar-refractivity contribution is -0.0260. The zero-order valence-electron chi connectivity index (χ0n) is 7.77. The maximum Gasteiger partial charge on any atom is 0.267 e. The number of hydrogen-bond acceptors (Lipinski definition) is 3. The maximum atomic E-state index is 13.1. The van der Waals surface area contributed by atoms with Crippen LogP contribution < -0.4 is 0 Å². The van der Waals surface area contributed by atoms with E-state index in [4.69, 9.17) is 0 Å². The van der Waals surface area contributed by atoms with Crippen molar-refractivity contribution in [3.05, 3.63) is 30.1 Å². The molecule has 6 heteroatoms. The standard InChI is InChI=1S/C8H10FNO3S/c1-10(13-2)14(11,12)8-6-4-3-5-7(8)9/h3-6H,1-2H3. The van der Waals surface area contributed by atoms with Crippen molar-refractivity contribution in [3.8, 4) is 0 Å². The SMILES string of the molecule is CON(C)S(=O)(=O)c1ccccc1F. The van der Waals surface area contributed by atoms with Crippen molar-refractivity contribution in [2.75, 3.05) is 14.2 Å². The first-order chi connectivity index (χ1) is 6.50. The van der Waals surface area contributed by atoms with Gasteiger partial charge in [0.05, 0.1) is 7.11 Å². The smallest absolute Gasteiger partial charge is 0.267 e. The molecule has 0 saturated carbocycles. The Hall–Kier alpha value is -0.980. The van der Waals surface area contributed by atoms with E-state index in [0.717, 1.165) is 6.07 Å². The number of sulfonamides is 1. The molecule has 0 aliphatic carbocycles. The number of rotatable bonds is 3. The Labute approximate surface area is 81.9 Å². The fourth-order valence-electron chi connectivity index (χ4n) is 0.891. The van der Waals surface area contributed by atoms with Crippen molar-refractivity contribution in [3.63, 3.8) is 0 Å². The third-order valence-corrected chi connectivity index (χ3v) is 3.42. The van der Waals surface area contributed by atoms with Crippen LogP contribution in [0.4, 0.5) is 4.39 Å². The predicted octanol–water partition coefficient (Wildman–Crippen LogP) is 1.01. The first-order valence-electron chi connectivity index (χ1n) is 3.77. The van der Waals surface area contributed by atoms with Crippen LogP contribution in [0.25, 0.3) is 0 Å². The summed E-state index contributed by atoms with van der Waals surface area (Å²) in [5.41, 5.74) is 0. The van der Waals surface area contributed by atoms with Crippen molar-refractivity contribution in [2.24, 2.45) is 0 Å². The van der Waals surface area contributed by atoms with Crippen LogP contribution in [0, 0.1) is 5.82 Å². The van der Waals surface area contributed by atoms with Crippen LogP contribution in [0.3, 0.4) is 0 Å². The minimum Gasteiger partial charge on any atom is -0.288 e. The fraction of sp³-hybridized carbons (Fsp3) is 0.250. The maximum absolute atomic E-state index is 13.1. The van der Waals surface area contributed by atoms with E-state index in [1.165, 1.54) is 32.4 Å². The molecule has 0 aliphatic heterocycles. The third kappa shape index (κ3) is 1.92. The molecule has 0 bridgehead atoms. The summed E-state index contributed by atoms with van der Waals surface area (Å²) in [5.74, 6) is -0.795. The minimum absolute atomic E-state index is 0.399. The molecule has 0 saturated heterocycles. The van der Waals surface area contributed by atoms with Crippen molar-refractivity contribution >= 4 is 10.0 Å². The first kappa shape index (κ1) is 11.1. The van der Waals surface area contributed by atoms with Gasteiger partial charge in [-0.25, -0.2) is 12.8 Å². The molecule has 1 aromatic rings. The van der Waals surface area contributed by atoms with Gasteiger partial charge in [-0.1, -0.05) is 16.6 Å². The lowest BCUT2D eigenvalue weighted by Gasteiger charge is -2.14. The van der Waals surface area contributed by atoms with Crippen LogP contribution in [0.2, 0.25) is 0 Å². The molecule has 1 aromatic carbocycles. The summed E-state index contributed by atoms with van der Waals surface area (Å²) in [6.45, 7) is 0. The highest BCUT2D eigenvalue weighted by Gasteiger charge is 2.23. The Morgan fingerprint density at radius 1 is 1.36 bits per heavy atom. The fourth-order valence-corrected chi connectivity index (χ4v) is 1.93. The highest BCUT2D eigenvalue weighted by Crippen LogP contribution is 2.17. The Morgan fingerprint density at radius 3 is 2.43 bits per heavy atom. The van der Waals surface area contributed by atoms with E-state index >= 15 is 0 Å². The quantitative estimate of drug-likeness (QED) is 0.713. The highest BCUT2D eigenvalue weighted by molar-refractivity contribution is 7.89. The number of hydroxylamine groups is 1. The average Bonchev–Trinajstić information content (AvgIpc) is 2.17. The zero-order chi connectivity index (χ0) is 10.8. The number of halogens is 1. The molecule has 0 amide bonds. The molecule has 0 N–H and O–H groups in total. The van der Waals surface area contributed by atoms with Crippen LogP contribution in [0.1, 0.15) is 0 Å². The minimum atomic E-state index is -3.88. The van der Waals surface area contributed by atoms with E-state index in [-0.39, 0.29) is 0 Å². The highest BCUT2D eigenvalue weighted by atomic mass is 32.2. The Bertz CT molecular complexity index is 418. The second kappa shape index (κ2) is 4.04. The van der Waals surface area contributed by atoms with E-state index in [1.807, 2.05) is 0 Å². The molecule has 0 aromatic heterocycles. The summed E-state index contributed by atoms with van der Waals surface area (Å²) < 4.78 is 36.8. The van der Waals surface area contributed by atoms with Gasteiger partial charge in [-0.15, -0.1) is 0 Å². The van der Waals surface area contributed by atoms with Crippen molar-refractivity contribution < 1.29 is 17.6 Å². The summed E-state index contributed by atoms with van der Waals surface area (Å²) >= 11 is 0. The van der Waals surface area contributed by atoms with E-state index in [9.17, 15) is 12.8 Å². The van der Waals surface area contributed by atoms with Crippen molar-refractivity contribution in [1.82, 2.24) is 4.47 Å². The molecule has 0 aliphatic rings. The third-order valence-electron chi connectivity index (χ3n) is 1.71. The predicted molar refractivity (Wildman–Crippen MR) is 48.4 cm³/mol. The molecular formula is C8H10FNO3S. The van der Waals surface area contributed by atoms with Gasteiger partial charge in [-0.3, -0.25) is 4.84 Å². The summed E-state index contributed by atoms with van der Waals surface area (Å²) in [6, 6.07) is 5.12. The van der Waals surface area contributed by atoms with E-state index in [1.54, 1.807) is 0 Å². The molecule has 0 unspecified atom stereocenters. The van der Waals surface area contributed by atoms with Crippen LogP contribution in [-0.2, 0) is 14.9 Å². The number of benzene rings is 1. The van der Waals surface area contributed by atoms with Gasteiger partial charge in [-0.05, 0) is 12.1 Å². The molecule has 4 nitrogen and oxygen atoms in total.